The van der Waals surface area contributed by atoms with Crippen LogP contribution in [0.15, 0.2) is 29.3 Å². The van der Waals surface area contributed by atoms with Crippen LogP contribution in [0.4, 0.5) is 11.4 Å². The Morgan fingerprint density at radius 3 is 2.47 bits per heavy atom. The second-order valence-corrected chi connectivity index (χ2v) is 2.89. The average Bonchev–Trinajstić information content (AvgIpc) is 2.16. The van der Waals surface area contributed by atoms with E-state index in [-0.39, 0.29) is 11.9 Å². The number of anilines is 2. The molecular weight excluding hydrogens is 194 g/mol. The average molecular weight is 207 g/mol. The van der Waals surface area contributed by atoms with Crippen LogP contribution in [-0.4, -0.2) is 11.9 Å². The number of guanidine groups is 1. The van der Waals surface area contributed by atoms with Crippen LogP contribution in [0.5, 0.6) is 0 Å². The van der Waals surface area contributed by atoms with Gasteiger partial charge in [0.25, 0.3) is 0 Å². The van der Waals surface area contributed by atoms with Crippen LogP contribution in [0.3, 0.4) is 0 Å². The molecule has 0 radical (unpaired) electrons. The van der Waals surface area contributed by atoms with E-state index in [1.54, 1.807) is 24.3 Å². The van der Waals surface area contributed by atoms with E-state index < -0.39 is 0 Å². The second-order valence-electron chi connectivity index (χ2n) is 2.89. The zero-order valence-electron chi connectivity index (χ0n) is 8.32. The highest BCUT2D eigenvalue weighted by atomic mass is 16.1. The lowest BCUT2D eigenvalue weighted by molar-refractivity contribution is -0.115. The summed E-state index contributed by atoms with van der Waals surface area (Å²) in [5.41, 5.74) is 17.7. The van der Waals surface area contributed by atoms with Gasteiger partial charge in [-0.2, -0.15) is 4.99 Å². The van der Waals surface area contributed by atoms with E-state index in [4.69, 9.17) is 11.5 Å². The molecule has 15 heavy (non-hydrogen) atoms. The smallest absolute Gasteiger partial charge is 0.245 e. The summed E-state index contributed by atoms with van der Waals surface area (Å²) >= 11 is 0. The Hall–Kier alpha value is -2.24. The van der Waals surface area contributed by atoms with Crippen molar-refractivity contribution in [1.82, 2.24) is 5.43 Å². The molecule has 0 heterocycles. The lowest BCUT2D eigenvalue weighted by Gasteiger charge is -2.08. The fraction of sp³-hybridized carbons (Fsp3) is 0.111. The van der Waals surface area contributed by atoms with Crippen molar-refractivity contribution >= 4 is 23.2 Å². The summed E-state index contributed by atoms with van der Waals surface area (Å²) in [7, 11) is 0. The SMILES string of the molecule is CC(=O)N=C(N)NNc1ccc(N)cc1. The summed E-state index contributed by atoms with van der Waals surface area (Å²) in [5.74, 6) is -0.349. The van der Waals surface area contributed by atoms with Gasteiger partial charge in [0.1, 0.15) is 0 Å². The minimum atomic E-state index is -0.362. The molecule has 80 valence electrons. The Bertz CT molecular complexity index is 371. The normalized spacial score (nSPS) is 10.9. The van der Waals surface area contributed by atoms with Gasteiger partial charge < -0.3 is 11.5 Å². The molecule has 0 atom stereocenters. The van der Waals surface area contributed by atoms with Crippen LogP contribution >= 0.6 is 0 Å². The second kappa shape index (κ2) is 4.85. The molecule has 0 unspecified atom stereocenters. The largest absolute Gasteiger partial charge is 0.399 e. The van der Waals surface area contributed by atoms with Crippen molar-refractivity contribution in [2.75, 3.05) is 11.2 Å². The molecule has 0 aliphatic rings. The summed E-state index contributed by atoms with van der Waals surface area (Å²) in [6, 6.07) is 7.01. The Balaban J connectivity index is 2.50. The van der Waals surface area contributed by atoms with Crippen molar-refractivity contribution in [2.24, 2.45) is 10.7 Å². The van der Waals surface area contributed by atoms with Crippen molar-refractivity contribution < 1.29 is 4.79 Å². The maximum absolute atomic E-state index is 10.6. The zero-order valence-corrected chi connectivity index (χ0v) is 8.32. The monoisotopic (exact) mass is 207 g/mol. The number of carbonyl (C=O) groups is 1. The molecule has 0 aromatic heterocycles. The molecule has 0 saturated heterocycles. The number of hydrogen-bond acceptors (Lipinski definition) is 3. The van der Waals surface area contributed by atoms with E-state index in [0.717, 1.165) is 5.69 Å². The fourth-order valence-corrected chi connectivity index (χ4v) is 0.900. The van der Waals surface area contributed by atoms with Gasteiger partial charge in [0, 0.05) is 12.6 Å². The molecule has 6 heteroatoms. The number of nitrogen functional groups attached to an aromatic ring is 1. The van der Waals surface area contributed by atoms with Gasteiger partial charge in [-0.3, -0.25) is 15.6 Å². The van der Waals surface area contributed by atoms with Crippen LogP contribution in [0.25, 0.3) is 0 Å². The Morgan fingerprint density at radius 2 is 1.93 bits per heavy atom. The van der Waals surface area contributed by atoms with E-state index in [2.05, 4.69) is 15.8 Å². The predicted molar refractivity (Wildman–Crippen MR) is 59.9 cm³/mol. The first-order valence-electron chi connectivity index (χ1n) is 4.30. The number of rotatable bonds is 2. The Kier molecular flexibility index (Phi) is 3.50. The van der Waals surface area contributed by atoms with Crippen molar-refractivity contribution in [2.45, 2.75) is 6.92 Å². The number of nitrogens with one attached hydrogen (secondary N) is 2. The molecule has 1 rings (SSSR count). The minimum absolute atomic E-state index is 0.0133. The lowest BCUT2D eigenvalue weighted by Crippen LogP contribution is -2.36. The maximum Gasteiger partial charge on any atom is 0.245 e. The lowest BCUT2D eigenvalue weighted by atomic mass is 10.3. The van der Waals surface area contributed by atoms with E-state index >= 15 is 0 Å². The Labute approximate surface area is 87.3 Å². The van der Waals surface area contributed by atoms with Gasteiger partial charge in [-0.15, -0.1) is 0 Å². The highest BCUT2D eigenvalue weighted by Crippen LogP contribution is 2.08. The van der Waals surface area contributed by atoms with Gasteiger partial charge in [0.2, 0.25) is 11.9 Å². The molecule has 0 spiro atoms. The van der Waals surface area contributed by atoms with Crippen molar-refractivity contribution in [3.8, 4) is 0 Å². The molecule has 0 fully saturated rings. The van der Waals surface area contributed by atoms with E-state index in [0.29, 0.717) is 5.69 Å². The molecule has 1 aromatic carbocycles. The van der Waals surface area contributed by atoms with Crippen LogP contribution in [0.1, 0.15) is 6.92 Å². The number of carbonyl (C=O) groups excluding carboxylic acids is 1. The summed E-state index contributed by atoms with van der Waals surface area (Å²) in [5, 5.41) is 0. The third kappa shape index (κ3) is 3.99. The van der Waals surface area contributed by atoms with Gasteiger partial charge in [-0.05, 0) is 24.3 Å². The zero-order chi connectivity index (χ0) is 11.3. The highest BCUT2D eigenvalue weighted by molar-refractivity contribution is 5.91. The molecular formula is C9H13N5O. The van der Waals surface area contributed by atoms with Crippen molar-refractivity contribution in [1.29, 1.82) is 0 Å². The number of hydrogen-bond donors (Lipinski definition) is 4. The number of benzene rings is 1. The summed E-state index contributed by atoms with van der Waals surface area (Å²) < 4.78 is 0. The van der Waals surface area contributed by atoms with Gasteiger partial charge in [-0.1, -0.05) is 0 Å². The standard InChI is InChI=1S/C9H13N5O/c1-6(15)12-9(11)14-13-8-4-2-7(10)3-5-8/h2-5,13H,10H2,1H3,(H3,11,12,14,15). The van der Waals surface area contributed by atoms with Crippen LogP contribution in [0.2, 0.25) is 0 Å². The number of aliphatic imine (C=N–C) groups is 1. The summed E-state index contributed by atoms with van der Waals surface area (Å²) in [6.45, 7) is 1.32. The van der Waals surface area contributed by atoms with Crippen LogP contribution in [0, 0.1) is 0 Å². The fourth-order valence-electron chi connectivity index (χ4n) is 0.900. The van der Waals surface area contributed by atoms with Gasteiger partial charge in [-0.25, -0.2) is 0 Å². The van der Waals surface area contributed by atoms with Gasteiger partial charge in [0.15, 0.2) is 0 Å². The molecule has 1 aromatic rings. The molecule has 0 aliphatic heterocycles. The van der Waals surface area contributed by atoms with E-state index in [9.17, 15) is 4.79 Å². The quantitative estimate of drug-likeness (QED) is 0.237. The third-order valence-electron chi connectivity index (χ3n) is 1.52. The van der Waals surface area contributed by atoms with Crippen LogP contribution in [-0.2, 0) is 4.79 Å². The molecule has 0 bridgehead atoms. The number of nitrogens with two attached hydrogens (primary N) is 2. The summed E-state index contributed by atoms with van der Waals surface area (Å²) in [6.07, 6.45) is 0. The molecule has 6 N–H and O–H groups in total. The third-order valence-corrected chi connectivity index (χ3v) is 1.52. The number of nitrogens with zero attached hydrogens (tertiary/aromatic N) is 1. The Morgan fingerprint density at radius 1 is 1.33 bits per heavy atom. The van der Waals surface area contributed by atoms with Gasteiger partial charge in [0.05, 0.1) is 5.69 Å². The summed E-state index contributed by atoms with van der Waals surface area (Å²) in [4.78, 5) is 14.0. The highest BCUT2D eigenvalue weighted by Gasteiger charge is 1.94. The maximum atomic E-state index is 10.6. The van der Waals surface area contributed by atoms with E-state index in [1.807, 2.05) is 0 Å². The van der Waals surface area contributed by atoms with Gasteiger partial charge >= 0.3 is 0 Å². The first-order chi connectivity index (χ1) is 7.08. The first-order valence-corrected chi connectivity index (χ1v) is 4.30. The molecule has 0 aliphatic carbocycles. The predicted octanol–water partition coefficient (Wildman–Crippen LogP) is 0.0465. The first kappa shape index (κ1) is 10.8. The molecule has 6 nitrogen and oxygen atoms in total. The van der Waals surface area contributed by atoms with Crippen molar-refractivity contribution in [3.63, 3.8) is 0 Å². The number of amides is 1. The number of hydrazine groups is 1. The van der Waals surface area contributed by atoms with Crippen molar-refractivity contribution in [3.05, 3.63) is 24.3 Å². The van der Waals surface area contributed by atoms with E-state index in [1.165, 1.54) is 6.92 Å². The topological polar surface area (TPSA) is 106 Å². The van der Waals surface area contributed by atoms with Crippen LogP contribution < -0.4 is 22.3 Å². The molecule has 1 amide bonds. The molecule has 0 saturated carbocycles. The minimum Gasteiger partial charge on any atom is -0.399 e.